The zero-order valence-corrected chi connectivity index (χ0v) is 70.4. The van der Waals surface area contributed by atoms with Gasteiger partial charge in [-0.25, -0.2) is 0 Å². The summed E-state index contributed by atoms with van der Waals surface area (Å²) in [4.78, 5) is 47.2. The van der Waals surface area contributed by atoms with Gasteiger partial charge in [-0.05, 0) is 253 Å². The number of fused-ring (bicyclic) bond motifs is 8. The third-order valence-corrected chi connectivity index (χ3v) is 21.9. The SMILES string of the molecule is C=c1ccc2c(c1)Oc1cc(N(C)C)ccc1C=2c1cc(/C=C/c2nnc(C)nn2)ccc1CO.C=c1ccc2c(c1)Oc1cc(N(C)C)ccc1C=2c1cccc(/C=C/c2nnc(C)c3c2CCC(O)CCC3)c1.C=c1ccc2c(c1)Oc1cc(N(C)C)ccc1C=2c1cccc(/C=C/c2nnc(C)c3c2CCC(O)CCC3)c1.O=C=O.O=C=O.[3H]C=O. The van der Waals surface area contributed by atoms with Crippen LogP contribution in [0.25, 0.3) is 72.9 Å². The molecule has 9 aromatic carbocycles. The van der Waals surface area contributed by atoms with Gasteiger partial charge >= 0.3 is 12.3 Å². The molecule has 3 N–H and O–H groups in total. The number of hydrogen-bond acceptors (Lipinski definition) is 22. The topological polar surface area (TPSA) is 287 Å². The van der Waals surface area contributed by atoms with Crippen LogP contribution in [-0.4, -0.2) is 130 Å². The number of hydrogen-bond donors (Lipinski definition) is 3. The van der Waals surface area contributed by atoms with Gasteiger partial charge in [-0.2, -0.15) is 39.6 Å². The highest BCUT2D eigenvalue weighted by molar-refractivity contribution is 5.91. The molecule has 6 heterocycles. The summed E-state index contributed by atoms with van der Waals surface area (Å²) in [6, 6.07) is 60.3. The summed E-state index contributed by atoms with van der Waals surface area (Å²) >= 11 is 0. The highest BCUT2D eigenvalue weighted by Crippen LogP contribution is 2.43. The van der Waals surface area contributed by atoms with E-state index in [0.717, 1.165) is 242 Å². The summed E-state index contributed by atoms with van der Waals surface area (Å²) in [6.45, 7) is 18.0. The van der Waals surface area contributed by atoms with Crippen molar-refractivity contribution in [2.75, 3.05) is 57.0 Å². The number of aryl methyl sites for hydroxylation is 3. The number of rotatable bonds is 13. The van der Waals surface area contributed by atoms with Crippen LogP contribution in [0.2, 0.25) is 0 Å². The van der Waals surface area contributed by atoms with E-state index in [1.165, 1.54) is 22.3 Å². The number of benzene rings is 9. The van der Waals surface area contributed by atoms with Gasteiger partial charge in [0.2, 0.25) is 0 Å². The molecule has 0 saturated carbocycles. The lowest BCUT2D eigenvalue weighted by molar-refractivity contribution is -0.193. The Kier molecular flexibility index (Phi) is 28.5. The molecule has 2 unspecified atom stereocenters. The quantitative estimate of drug-likeness (QED) is 0.0966. The molecule has 5 aliphatic rings. The van der Waals surface area contributed by atoms with Crippen molar-refractivity contribution in [3.63, 3.8) is 0 Å². The fourth-order valence-electron chi connectivity index (χ4n) is 15.7. The standard InChI is InChI=1S/2C35H35N3O2.C28H25N5O2.2CO2.CH2O/c2*1-22-11-15-30-33(19-22)40-34-21-26(38(3)4)13-16-31(34)35(30)25-8-5-7-24(20-25)12-18-32-29-17-14-27(39)9-6-10-28(29)23(2)36-37-32;1-17-5-10-22-25(13-17)35-26-15-21(33(3)4)9-11-23(26)28(22)24-14-19(6-8-20(24)16-34)7-12-27-31-29-18(2)30-32-27;2*2-1-3;1-2/h2*5,7-8,11-13,15-16,18-21,27,39H,1,6,9-10,14,17H2,2-4H3;5-15,34H,1,16H2,2-4H3;;;1H2/b2*18-12+;12-7+;;;/i;;;;;1T. The number of aromatic nitrogens is 8. The van der Waals surface area contributed by atoms with Gasteiger partial charge in [0.1, 0.15) is 42.6 Å². The summed E-state index contributed by atoms with van der Waals surface area (Å²) in [5.41, 5.74) is 25.5. The molecule has 2 aliphatic carbocycles. The number of carbonyl (C=O) groups excluding carboxylic acids is 5. The number of anilines is 3. The summed E-state index contributed by atoms with van der Waals surface area (Å²) < 4.78 is 24.6. The monoisotopic (exact) mass is 1640 g/mol. The minimum absolute atomic E-state index is 0. The summed E-state index contributed by atoms with van der Waals surface area (Å²) in [7, 11) is 12.1. The molecule has 0 bridgehead atoms. The second-order valence-electron chi connectivity index (χ2n) is 30.9. The van der Waals surface area contributed by atoms with E-state index in [0.29, 0.717) is 11.6 Å². The van der Waals surface area contributed by atoms with Crippen LogP contribution in [0.4, 0.5) is 17.1 Å². The normalized spacial score (nSPS) is 14.4. The lowest BCUT2D eigenvalue weighted by Gasteiger charge is -2.24. The lowest BCUT2D eigenvalue weighted by Crippen LogP contribution is -2.20. The van der Waals surface area contributed by atoms with Crippen molar-refractivity contribution in [1.82, 2.24) is 40.8 Å². The van der Waals surface area contributed by atoms with Gasteiger partial charge in [0.25, 0.3) is 0 Å². The van der Waals surface area contributed by atoms with Gasteiger partial charge in [-0.3, -0.25) is 0 Å². The first-order valence-corrected chi connectivity index (χ1v) is 40.3. The molecule has 3 aliphatic heterocycles. The van der Waals surface area contributed by atoms with E-state index in [1.807, 2.05) is 128 Å². The molecule has 0 saturated heterocycles. The van der Waals surface area contributed by atoms with Crippen LogP contribution in [0.1, 0.15) is 152 Å². The van der Waals surface area contributed by atoms with E-state index < -0.39 is 0 Å². The van der Waals surface area contributed by atoms with E-state index in [1.54, 1.807) is 13.0 Å². The summed E-state index contributed by atoms with van der Waals surface area (Å²) in [6.07, 6.45) is 20.8. The smallest absolute Gasteiger partial charge is 0.373 e. The van der Waals surface area contributed by atoms with Crippen LogP contribution in [-0.2, 0) is 56.3 Å². The van der Waals surface area contributed by atoms with Gasteiger partial charge in [0.05, 0.1) is 41.6 Å². The number of aliphatic hydroxyl groups is 3. The molecule has 22 nitrogen and oxygen atoms in total. The van der Waals surface area contributed by atoms with Crippen LogP contribution in [0.15, 0.2) is 176 Å². The number of nitrogens with zero attached hydrogens (tertiary/aromatic N) is 11. The Morgan fingerprint density at radius 1 is 0.415 bits per heavy atom. The molecule has 12 aromatic rings. The molecule has 3 aromatic heterocycles. The molecular formula is C101H97N11O11. The molecule has 622 valence electrons. The van der Waals surface area contributed by atoms with Crippen molar-refractivity contribution in [3.8, 4) is 34.5 Å². The Balaban J connectivity index is 0.000000162. The molecule has 2 atom stereocenters. The first-order valence-electron chi connectivity index (χ1n) is 40.9. The minimum atomic E-state index is -0.245. The maximum Gasteiger partial charge on any atom is 0.373 e. The van der Waals surface area contributed by atoms with Crippen molar-refractivity contribution >= 4 is 109 Å². The predicted octanol–water partition coefficient (Wildman–Crippen LogP) is 12.5. The van der Waals surface area contributed by atoms with Crippen molar-refractivity contribution in [3.05, 3.63) is 320 Å². The molecule has 123 heavy (non-hydrogen) atoms. The maximum atomic E-state index is 10.3. The van der Waals surface area contributed by atoms with Crippen molar-refractivity contribution in [2.24, 2.45) is 0 Å². The fraction of sp³-hybridized carbons (Fsp3) is 0.218. The van der Waals surface area contributed by atoms with Crippen LogP contribution in [0, 0.1) is 20.8 Å². The first-order chi connectivity index (χ1) is 59.9. The summed E-state index contributed by atoms with van der Waals surface area (Å²) in [5.74, 6) is 5.78. The molecular weight excluding hydrogens is 1540 g/mol. The van der Waals surface area contributed by atoms with E-state index in [-0.39, 0.29) is 37.9 Å². The summed E-state index contributed by atoms with van der Waals surface area (Å²) in [5, 5.41) is 70.6. The maximum absolute atomic E-state index is 10.3. The predicted molar refractivity (Wildman–Crippen MR) is 481 cm³/mol. The van der Waals surface area contributed by atoms with Gasteiger partial charge in [0.15, 0.2) is 11.6 Å². The van der Waals surface area contributed by atoms with Crippen molar-refractivity contribution in [1.29, 1.82) is 0 Å². The first kappa shape index (κ1) is 86.5. The molecule has 0 spiro atoms. The van der Waals surface area contributed by atoms with Crippen molar-refractivity contribution < 1.29 is 54.9 Å². The van der Waals surface area contributed by atoms with E-state index in [9.17, 15) is 15.3 Å². The second-order valence-corrected chi connectivity index (χ2v) is 30.9. The molecule has 17 rings (SSSR count). The zero-order valence-electron chi connectivity index (χ0n) is 71.4. The Morgan fingerprint density at radius 3 is 1.20 bits per heavy atom. The third kappa shape index (κ3) is 20.9. The van der Waals surface area contributed by atoms with E-state index >= 15 is 0 Å². The average molecular weight is 1640 g/mol. The van der Waals surface area contributed by atoms with Crippen LogP contribution < -0.4 is 60.2 Å². The van der Waals surface area contributed by atoms with Crippen LogP contribution in [0.3, 0.4) is 0 Å². The Hall–Kier alpha value is -14.4. The van der Waals surface area contributed by atoms with Gasteiger partial charge in [0, 0.05) is 127 Å². The average Bonchev–Trinajstić information content (AvgIpc) is 0.757. The largest absolute Gasteiger partial charge is 0.456 e. The van der Waals surface area contributed by atoms with Gasteiger partial charge < -0.3 is 49.0 Å². The number of ether oxygens (including phenoxy) is 3. The Labute approximate surface area is 715 Å². The third-order valence-electron chi connectivity index (χ3n) is 21.9. The van der Waals surface area contributed by atoms with Crippen LogP contribution in [0.5, 0.6) is 34.5 Å². The second kappa shape index (κ2) is 40.6. The van der Waals surface area contributed by atoms with Gasteiger partial charge in [-0.15, -0.1) is 20.4 Å². The molecule has 0 amide bonds. The zero-order chi connectivity index (χ0) is 88.3. The molecule has 0 fully saturated rings. The highest BCUT2D eigenvalue weighted by atomic mass is 16.5. The van der Waals surface area contributed by atoms with Crippen LogP contribution >= 0.6 is 0 Å². The Bertz CT molecular complexity index is 6270. The van der Waals surface area contributed by atoms with E-state index in [4.69, 9.17) is 39.6 Å². The van der Waals surface area contributed by atoms with E-state index in [2.05, 4.69) is 210 Å². The van der Waals surface area contributed by atoms with Gasteiger partial charge in [-0.1, -0.05) is 123 Å². The number of carbonyl (C=O) groups is 1. The lowest BCUT2D eigenvalue weighted by atomic mass is 9.88. The van der Waals surface area contributed by atoms with Crippen molar-refractivity contribution in [2.45, 2.75) is 104 Å². The number of aliphatic hydroxyl groups excluding tert-OH is 3. The highest BCUT2D eigenvalue weighted by Gasteiger charge is 2.27. The fourth-order valence-corrected chi connectivity index (χ4v) is 15.7. The Morgan fingerprint density at radius 2 is 0.797 bits per heavy atom. The molecule has 22 heteroatoms. The molecule has 0 radical (unpaired) electrons. The minimum Gasteiger partial charge on any atom is -0.456 e.